The highest BCUT2D eigenvalue weighted by atomic mass is 32.2. The molecule has 164 valence electrons. The van der Waals surface area contributed by atoms with Crippen LogP contribution >= 0.6 is 11.3 Å². The smallest absolute Gasteiger partial charge is 0.339 e. The van der Waals surface area contributed by atoms with Crippen LogP contribution in [0.15, 0.2) is 70.9 Å². The number of hydrogen-bond donors (Lipinski definition) is 0. The van der Waals surface area contributed by atoms with Gasteiger partial charge in [0.15, 0.2) is 0 Å². The van der Waals surface area contributed by atoms with Gasteiger partial charge in [-0.05, 0) is 55.9 Å². The van der Waals surface area contributed by atoms with Crippen molar-refractivity contribution in [3.63, 3.8) is 0 Å². The van der Waals surface area contributed by atoms with Gasteiger partial charge in [-0.1, -0.05) is 24.3 Å². The molecule has 0 radical (unpaired) electrons. The molecule has 0 bridgehead atoms. The number of hydrogen-bond acceptors (Lipinski definition) is 6. The van der Waals surface area contributed by atoms with Crippen molar-refractivity contribution in [1.82, 2.24) is 9.80 Å². The highest BCUT2D eigenvalue weighted by Crippen LogP contribution is 2.25. The molecule has 0 spiro atoms. The summed E-state index contributed by atoms with van der Waals surface area (Å²) in [7, 11) is -0.320. The van der Waals surface area contributed by atoms with Gasteiger partial charge in [0.2, 0.25) is 0 Å². The fourth-order valence-electron chi connectivity index (χ4n) is 2.82. The van der Waals surface area contributed by atoms with Crippen LogP contribution in [0.2, 0.25) is 0 Å². The molecule has 6 nitrogen and oxygen atoms in total. The Morgan fingerprint density at radius 1 is 1.00 bits per heavy atom. The number of amides is 1. The monoisotopic (exact) mass is 462 g/mol. The van der Waals surface area contributed by atoms with Gasteiger partial charge >= 0.3 is 10.1 Å². The molecule has 0 aliphatic rings. The van der Waals surface area contributed by atoms with E-state index < -0.39 is 15.9 Å². The fourth-order valence-corrected chi connectivity index (χ4v) is 4.47. The number of carbonyl (C=O) groups excluding carboxylic acids is 1. The van der Waals surface area contributed by atoms with Gasteiger partial charge in [-0.3, -0.25) is 4.79 Å². The SMILES string of the molecule is CN(C)CCN(Cc1ccccc1OS(=O)(=O)c1ccc(F)cc1)C(=O)c1cccs1. The van der Waals surface area contributed by atoms with Gasteiger partial charge in [-0.25, -0.2) is 4.39 Å². The minimum atomic E-state index is -4.15. The van der Waals surface area contributed by atoms with Gasteiger partial charge in [0.05, 0.1) is 4.88 Å². The summed E-state index contributed by atoms with van der Waals surface area (Å²) in [4.78, 5) is 17.1. The average Bonchev–Trinajstić information content (AvgIpc) is 3.26. The first kappa shape index (κ1) is 22.9. The van der Waals surface area contributed by atoms with E-state index in [1.54, 1.807) is 29.2 Å². The number of thiophene rings is 1. The van der Waals surface area contributed by atoms with E-state index in [-0.39, 0.29) is 23.1 Å². The summed E-state index contributed by atoms with van der Waals surface area (Å²) >= 11 is 1.35. The van der Waals surface area contributed by atoms with Crippen LogP contribution in [0.5, 0.6) is 5.75 Å². The Balaban J connectivity index is 1.86. The summed E-state index contributed by atoms with van der Waals surface area (Å²) in [5.74, 6) is -0.545. The second kappa shape index (κ2) is 10.0. The zero-order chi connectivity index (χ0) is 22.4. The van der Waals surface area contributed by atoms with Gasteiger partial charge in [-0.15, -0.1) is 11.3 Å². The lowest BCUT2D eigenvalue weighted by atomic mass is 10.2. The molecule has 1 aromatic heterocycles. The normalized spacial score (nSPS) is 11.5. The second-order valence-electron chi connectivity index (χ2n) is 7.11. The zero-order valence-electron chi connectivity index (χ0n) is 17.2. The van der Waals surface area contributed by atoms with E-state index in [0.29, 0.717) is 23.5 Å². The Morgan fingerprint density at radius 3 is 2.35 bits per heavy atom. The van der Waals surface area contributed by atoms with Crippen LogP contribution in [-0.4, -0.2) is 51.3 Å². The topological polar surface area (TPSA) is 66.9 Å². The minimum Gasteiger partial charge on any atom is -0.379 e. The molecule has 0 atom stereocenters. The first-order valence-electron chi connectivity index (χ1n) is 9.52. The second-order valence-corrected chi connectivity index (χ2v) is 9.60. The fraction of sp³-hybridized carbons (Fsp3) is 0.227. The molecule has 9 heteroatoms. The maximum absolute atomic E-state index is 13.2. The molecule has 0 saturated heterocycles. The maximum Gasteiger partial charge on any atom is 0.339 e. The Labute approximate surface area is 185 Å². The van der Waals surface area contributed by atoms with Crippen molar-refractivity contribution in [1.29, 1.82) is 0 Å². The third kappa shape index (κ3) is 6.13. The summed E-state index contributed by atoms with van der Waals surface area (Å²) in [6.45, 7) is 1.29. The molecule has 0 fully saturated rings. The Morgan fingerprint density at radius 2 is 1.71 bits per heavy atom. The molecule has 0 N–H and O–H groups in total. The number of halogens is 1. The zero-order valence-corrected chi connectivity index (χ0v) is 18.8. The molecule has 0 unspecified atom stereocenters. The molecule has 0 aliphatic heterocycles. The predicted molar refractivity (Wildman–Crippen MR) is 118 cm³/mol. The molecule has 3 aromatic rings. The Hall–Kier alpha value is -2.75. The van der Waals surface area contributed by atoms with Crippen molar-refractivity contribution in [2.45, 2.75) is 11.4 Å². The number of carbonyl (C=O) groups is 1. The van der Waals surface area contributed by atoms with Crippen molar-refractivity contribution >= 4 is 27.4 Å². The number of para-hydroxylation sites is 1. The molecule has 0 aliphatic carbocycles. The van der Waals surface area contributed by atoms with E-state index in [1.165, 1.54) is 17.4 Å². The number of nitrogens with zero attached hydrogens (tertiary/aromatic N) is 2. The van der Waals surface area contributed by atoms with E-state index in [2.05, 4.69) is 0 Å². The number of rotatable bonds is 9. The van der Waals surface area contributed by atoms with Gasteiger partial charge in [-0.2, -0.15) is 8.42 Å². The summed E-state index contributed by atoms with van der Waals surface area (Å²) < 4.78 is 43.8. The van der Waals surface area contributed by atoms with E-state index in [0.717, 1.165) is 24.3 Å². The lowest BCUT2D eigenvalue weighted by molar-refractivity contribution is 0.0736. The predicted octanol–water partition coefficient (Wildman–Crippen LogP) is 3.86. The summed E-state index contributed by atoms with van der Waals surface area (Å²) in [5, 5.41) is 1.84. The molecular formula is C22H23FN2O4S2. The summed E-state index contributed by atoms with van der Waals surface area (Å²) in [6.07, 6.45) is 0. The molecule has 31 heavy (non-hydrogen) atoms. The van der Waals surface area contributed by atoms with Crippen molar-refractivity contribution in [3.8, 4) is 5.75 Å². The largest absolute Gasteiger partial charge is 0.379 e. The average molecular weight is 463 g/mol. The lowest BCUT2D eigenvalue weighted by Gasteiger charge is -2.25. The quantitative estimate of drug-likeness (QED) is 0.452. The molecule has 3 rings (SSSR count). The summed E-state index contributed by atoms with van der Waals surface area (Å²) in [5.41, 5.74) is 0.553. The molecule has 0 saturated carbocycles. The van der Waals surface area contributed by atoms with Crippen LogP contribution in [-0.2, 0) is 16.7 Å². The Bertz CT molecular complexity index is 1110. The standard InChI is InChI=1S/C22H23FN2O4S2/c1-24(2)13-14-25(22(26)21-8-5-15-30-21)16-17-6-3-4-7-20(17)29-31(27,28)19-11-9-18(23)10-12-19/h3-12,15H,13-14,16H2,1-2H3. The van der Waals surface area contributed by atoms with Crippen molar-refractivity contribution in [3.05, 3.63) is 82.3 Å². The molecule has 1 amide bonds. The molecule has 2 aromatic carbocycles. The molecular weight excluding hydrogens is 439 g/mol. The van der Waals surface area contributed by atoms with Gasteiger partial charge in [0.1, 0.15) is 16.5 Å². The van der Waals surface area contributed by atoms with Crippen LogP contribution in [0.25, 0.3) is 0 Å². The van der Waals surface area contributed by atoms with Gasteiger partial charge in [0.25, 0.3) is 5.91 Å². The highest BCUT2D eigenvalue weighted by Gasteiger charge is 2.22. The van der Waals surface area contributed by atoms with Crippen LogP contribution in [0.4, 0.5) is 4.39 Å². The van der Waals surface area contributed by atoms with Gasteiger partial charge in [0, 0.05) is 25.2 Å². The number of benzene rings is 2. The van der Waals surface area contributed by atoms with Crippen molar-refractivity contribution < 1.29 is 21.8 Å². The van der Waals surface area contributed by atoms with Crippen molar-refractivity contribution in [2.24, 2.45) is 0 Å². The first-order valence-corrected chi connectivity index (χ1v) is 11.8. The lowest BCUT2D eigenvalue weighted by Crippen LogP contribution is -2.36. The Kier molecular flexibility index (Phi) is 7.42. The minimum absolute atomic E-state index is 0.126. The van der Waals surface area contributed by atoms with Crippen LogP contribution in [0.1, 0.15) is 15.2 Å². The van der Waals surface area contributed by atoms with E-state index in [9.17, 15) is 17.6 Å². The molecule has 1 heterocycles. The van der Waals surface area contributed by atoms with E-state index >= 15 is 0 Å². The van der Waals surface area contributed by atoms with Crippen LogP contribution < -0.4 is 4.18 Å². The third-order valence-corrected chi connectivity index (χ3v) is 6.58. The maximum atomic E-state index is 13.2. The van der Waals surface area contributed by atoms with E-state index in [1.807, 2.05) is 30.4 Å². The van der Waals surface area contributed by atoms with Crippen LogP contribution in [0, 0.1) is 5.82 Å². The van der Waals surface area contributed by atoms with Gasteiger partial charge < -0.3 is 14.0 Å². The first-order chi connectivity index (χ1) is 14.8. The van der Waals surface area contributed by atoms with E-state index in [4.69, 9.17) is 4.18 Å². The highest BCUT2D eigenvalue weighted by molar-refractivity contribution is 7.87. The van der Waals surface area contributed by atoms with Crippen LogP contribution in [0.3, 0.4) is 0 Å². The number of likely N-dealkylation sites (N-methyl/N-ethyl adjacent to an activating group) is 1. The van der Waals surface area contributed by atoms with Crippen molar-refractivity contribution in [2.75, 3.05) is 27.2 Å². The summed E-state index contributed by atoms with van der Waals surface area (Å²) in [6, 6.07) is 14.7. The third-order valence-electron chi connectivity index (χ3n) is 4.47.